The van der Waals surface area contributed by atoms with Crippen LogP contribution in [0.4, 0.5) is 0 Å². The number of benzene rings is 2. The normalized spacial score (nSPS) is 17.6. The van der Waals surface area contributed by atoms with Crippen LogP contribution in [0.5, 0.6) is 5.75 Å². The third-order valence-electron chi connectivity index (χ3n) is 5.45. The van der Waals surface area contributed by atoms with E-state index in [4.69, 9.17) is 4.74 Å². The van der Waals surface area contributed by atoms with Crippen LogP contribution in [0.1, 0.15) is 35.2 Å². The van der Waals surface area contributed by atoms with Crippen molar-refractivity contribution in [1.82, 2.24) is 9.88 Å². The van der Waals surface area contributed by atoms with Crippen molar-refractivity contribution in [2.45, 2.75) is 26.4 Å². The topological polar surface area (TPSA) is 79.7 Å². The molecule has 162 valence electrons. The molecule has 1 aliphatic heterocycles. The van der Waals surface area contributed by atoms with Crippen molar-refractivity contribution in [3.8, 4) is 5.75 Å². The summed E-state index contributed by atoms with van der Waals surface area (Å²) in [6, 6.07) is 17.4. The first-order chi connectivity index (χ1) is 15.5. The maximum absolute atomic E-state index is 13.1. The Bertz CT molecular complexity index is 1150. The van der Waals surface area contributed by atoms with E-state index >= 15 is 0 Å². The van der Waals surface area contributed by atoms with Crippen LogP contribution in [-0.2, 0) is 16.1 Å². The van der Waals surface area contributed by atoms with E-state index in [-0.39, 0.29) is 17.9 Å². The second-order valence-corrected chi connectivity index (χ2v) is 7.66. The Morgan fingerprint density at radius 2 is 1.78 bits per heavy atom. The summed E-state index contributed by atoms with van der Waals surface area (Å²) in [5, 5.41) is 11.1. The summed E-state index contributed by atoms with van der Waals surface area (Å²) in [5.41, 5.74) is 3.14. The number of aryl methyl sites for hydroxylation is 1. The molecule has 0 aliphatic carbocycles. The van der Waals surface area contributed by atoms with Crippen molar-refractivity contribution in [3.05, 3.63) is 101 Å². The number of likely N-dealkylation sites (tertiary alicyclic amines) is 1. The summed E-state index contributed by atoms with van der Waals surface area (Å²) < 4.78 is 5.46. The van der Waals surface area contributed by atoms with Gasteiger partial charge in [-0.05, 0) is 55.3 Å². The summed E-state index contributed by atoms with van der Waals surface area (Å²) in [4.78, 5) is 31.7. The Kier molecular flexibility index (Phi) is 6.03. The molecule has 2 heterocycles. The Morgan fingerprint density at radius 3 is 2.41 bits per heavy atom. The van der Waals surface area contributed by atoms with Gasteiger partial charge in [0, 0.05) is 24.5 Å². The molecule has 0 spiro atoms. The van der Waals surface area contributed by atoms with E-state index in [1.54, 1.807) is 42.7 Å². The number of carbonyl (C=O) groups is 2. The lowest BCUT2D eigenvalue weighted by Crippen LogP contribution is -2.29. The van der Waals surface area contributed by atoms with Gasteiger partial charge in [-0.2, -0.15) is 0 Å². The molecule has 1 atom stereocenters. The fourth-order valence-corrected chi connectivity index (χ4v) is 3.86. The Morgan fingerprint density at radius 1 is 1.06 bits per heavy atom. The van der Waals surface area contributed by atoms with Crippen molar-refractivity contribution in [3.63, 3.8) is 0 Å². The highest BCUT2D eigenvalue weighted by molar-refractivity contribution is 6.46. The number of nitrogens with zero attached hydrogens (tertiary/aromatic N) is 2. The Hall–Kier alpha value is -3.93. The molecule has 6 heteroatoms. The molecule has 1 aromatic heterocycles. The number of ketones is 1. The lowest BCUT2D eigenvalue weighted by atomic mass is 9.94. The molecule has 1 N–H and O–H groups in total. The maximum atomic E-state index is 13.1. The van der Waals surface area contributed by atoms with Gasteiger partial charge in [-0.1, -0.05) is 35.9 Å². The van der Waals surface area contributed by atoms with Gasteiger partial charge in [-0.25, -0.2) is 0 Å². The highest BCUT2D eigenvalue weighted by atomic mass is 16.5. The molecule has 6 nitrogen and oxygen atoms in total. The minimum atomic E-state index is -0.706. The lowest BCUT2D eigenvalue weighted by Gasteiger charge is -2.25. The first kappa shape index (κ1) is 21.3. The quantitative estimate of drug-likeness (QED) is 0.357. The molecule has 1 fully saturated rings. The number of pyridine rings is 1. The summed E-state index contributed by atoms with van der Waals surface area (Å²) in [6.07, 6.45) is 3.32. The van der Waals surface area contributed by atoms with Crippen LogP contribution < -0.4 is 4.74 Å². The zero-order chi connectivity index (χ0) is 22.7. The van der Waals surface area contributed by atoms with Crippen LogP contribution >= 0.6 is 0 Å². The summed E-state index contributed by atoms with van der Waals surface area (Å²) in [7, 11) is 0. The summed E-state index contributed by atoms with van der Waals surface area (Å²) in [5.74, 6) is -0.889. The molecule has 32 heavy (non-hydrogen) atoms. The van der Waals surface area contributed by atoms with Crippen molar-refractivity contribution in [1.29, 1.82) is 0 Å². The molecule has 0 radical (unpaired) electrons. The molecular formula is C26H24N2O4. The number of carbonyl (C=O) groups excluding carboxylic acids is 2. The van der Waals surface area contributed by atoms with Gasteiger partial charge in [0.2, 0.25) is 0 Å². The number of aliphatic hydroxyl groups is 1. The van der Waals surface area contributed by atoms with Gasteiger partial charge in [0.1, 0.15) is 11.5 Å². The van der Waals surface area contributed by atoms with Gasteiger partial charge in [-0.3, -0.25) is 14.6 Å². The average molecular weight is 428 g/mol. The van der Waals surface area contributed by atoms with Crippen molar-refractivity contribution in [2.75, 3.05) is 6.61 Å². The molecule has 4 rings (SSSR count). The number of aliphatic hydroxyl groups excluding tert-OH is 1. The summed E-state index contributed by atoms with van der Waals surface area (Å²) in [6.45, 7) is 4.59. The fraction of sp³-hybridized carbons (Fsp3) is 0.192. The number of hydrogen-bond acceptors (Lipinski definition) is 5. The molecule has 3 aromatic rings. The second kappa shape index (κ2) is 9.06. The Balaban J connectivity index is 1.81. The molecule has 2 aromatic carbocycles. The van der Waals surface area contributed by atoms with Crippen LogP contribution in [0.15, 0.2) is 78.6 Å². The van der Waals surface area contributed by atoms with Crippen LogP contribution in [-0.4, -0.2) is 33.3 Å². The first-order valence-electron chi connectivity index (χ1n) is 10.5. The molecule has 0 bridgehead atoms. The van der Waals surface area contributed by atoms with E-state index in [1.807, 2.05) is 44.2 Å². The Labute approximate surface area is 186 Å². The van der Waals surface area contributed by atoms with E-state index in [2.05, 4.69) is 4.98 Å². The minimum absolute atomic E-state index is 0.0758. The molecule has 1 unspecified atom stereocenters. The number of Topliss-reactive ketones (excluding diaryl/α,β-unsaturated/α-hetero) is 1. The third kappa shape index (κ3) is 4.12. The van der Waals surface area contributed by atoms with Gasteiger partial charge >= 0.3 is 0 Å². The second-order valence-electron chi connectivity index (χ2n) is 7.66. The third-order valence-corrected chi connectivity index (χ3v) is 5.45. The molecule has 1 saturated heterocycles. The van der Waals surface area contributed by atoms with Crippen molar-refractivity contribution in [2.24, 2.45) is 0 Å². The largest absolute Gasteiger partial charge is 0.507 e. The van der Waals surface area contributed by atoms with Gasteiger partial charge in [-0.15, -0.1) is 0 Å². The van der Waals surface area contributed by atoms with E-state index in [0.29, 0.717) is 17.9 Å². The van der Waals surface area contributed by atoms with Gasteiger partial charge in [0.15, 0.2) is 0 Å². The van der Waals surface area contributed by atoms with Crippen molar-refractivity contribution < 1.29 is 19.4 Å². The van der Waals surface area contributed by atoms with E-state index in [0.717, 1.165) is 16.7 Å². The highest BCUT2D eigenvalue weighted by Gasteiger charge is 2.46. The number of ether oxygens (including phenoxy) is 1. The van der Waals surface area contributed by atoms with Gasteiger partial charge in [0.25, 0.3) is 11.7 Å². The number of rotatable bonds is 6. The lowest BCUT2D eigenvalue weighted by molar-refractivity contribution is -0.140. The molecule has 0 saturated carbocycles. The monoisotopic (exact) mass is 428 g/mol. The predicted molar refractivity (Wildman–Crippen MR) is 121 cm³/mol. The molecule has 1 aliphatic rings. The molecular weight excluding hydrogens is 404 g/mol. The number of aromatic nitrogens is 1. The van der Waals surface area contributed by atoms with Crippen LogP contribution in [0.3, 0.4) is 0 Å². The first-order valence-corrected chi connectivity index (χ1v) is 10.5. The zero-order valence-electron chi connectivity index (χ0n) is 18.0. The highest BCUT2D eigenvalue weighted by Crippen LogP contribution is 2.40. The SMILES string of the molecule is CCOc1ccc(C(O)=C2C(=O)C(=O)N(Cc3cccnc3)C2c2ccc(C)cc2)cc1. The standard InChI is InChI=1S/C26H24N2O4/c1-3-32-21-12-10-20(11-13-21)24(29)22-23(19-8-6-17(2)7-9-19)28(26(31)25(22)30)16-18-5-4-14-27-15-18/h4-15,23,29H,3,16H2,1-2H3. The van der Waals surface area contributed by atoms with Crippen LogP contribution in [0, 0.1) is 6.92 Å². The van der Waals surface area contributed by atoms with E-state index in [9.17, 15) is 14.7 Å². The van der Waals surface area contributed by atoms with E-state index in [1.165, 1.54) is 4.90 Å². The maximum Gasteiger partial charge on any atom is 0.295 e. The minimum Gasteiger partial charge on any atom is -0.507 e. The molecule has 1 amide bonds. The number of hydrogen-bond donors (Lipinski definition) is 1. The zero-order valence-corrected chi connectivity index (χ0v) is 18.0. The predicted octanol–water partition coefficient (Wildman–Crippen LogP) is 4.41. The fourth-order valence-electron chi connectivity index (χ4n) is 3.86. The number of amides is 1. The summed E-state index contributed by atoms with van der Waals surface area (Å²) >= 11 is 0. The van der Waals surface area contributed by atoms with Crippen LogP contribution in [0.25, 0.3) is 5.76 Å². The van der Waals surface area contributed by atoms with Gasteiger partial charge < -0.3 is 14.7 Å². The van der Waals surface area contributed by atoms with Crippen molar-refractivity contribution >= 4 is 17.4 Å². The van der Waals surface area contributed by atoms with Crippen LogP contribution in [0.2, 0.25) is 0 Å². The van der Waals surface area contributed by atoms with E-state index < -0.39 is 17.7 Å². The van der Waals surface area contributed by atoms with Gasteiger partial charge in [0.05, 0.1) is 18.2 Å². The smallest absolute Gasteiger partial charge is 0.295 e. The average Bonchev–Trinajstić information content (AvgIpc) is 3.05.